The molecule has 0 saturated carbocycles. The monoisotopic (exact) mass is 442 g/mol. The smallest absolute Gasteiger partial charge is 0.269 e. The SMILES string of the molecule is CCOc1ccc(Br)cc1S(=O)(=O)N(C)C(C)c1cccc([N+](=O)[O-])c1. The third kappa shape index (κ3) is 4.22. The number of nitrogens with zero attached hydrogens (tertiary/aromatic N) is 2. The van der Waals surface area contributed by atoms with Crippen LogP contribution in [0.4, 0.5) is 5.69 Å². The van der Waals surface area contributed by atoms with Gasteiger partial charge < -0.3 is 4.74 Å². The third-order valence-corrected chi connectivity index (χ3v) is 6.41. The number of non-ortho nitro benzene ring substituents is 1. The number of nitro benzene ring substituents is 1. The largest absolute Gasteiger partial charge is 0.492 e. The van der Waals surface area contributed by atoms with E-state index in [4.69, 9.17) is 4.74 Å². The van der Waals surface area contributed by atoms with Gasteiger partial charge in [0.1, 0.15) is 10.6 Å². The number of sulfonamides is 1. The number of ether oxygens (including phenoxy) is 1. The lowest BCUT2D eigenvalue weighted by molar-refractivity contribution is -0.384. The first-order valence-corrected chi connectivity index (χ1v) is 10.1. The summed E-state index contributed by atoms with van der Waals surface area (Å²) in [6.45, 7) is 3.77. The summed E-state index contributed by atoms with van der Waals surface area (Å²) in [5.41, 5.74) is 0.441. The fourth-order valence-electron chi connectivity index (χ4n) is 2.43. The van der Waals surface area contributed by atoms with Gasteiger partial charge in [-0.2, -0.15) is 4.31 Å². The predicted octanol–water partition coefficient (Wildman–Crippen LogP) is 4.14. The fourth-order valence-corrected chi connectivity index (χ4v) is 4.45. The number of halogens is 1. The quantitative estimate of drug-likeness (QED) is 0.474. The van der Waals surface area contributed by atoms with E-state index < -0.39 is 21.0 Å². The minimum Gasteiger partial charge on any atom is -0.492 e. The van der Waals surface area contributed by atoms with Gasteiger partial charge in [-0.05, 0) is 37.6 Å². The Morgan fingerprint density at radius 3 is 2.58 bits per heavy atom. The van der Waals surface area contributed by atoms with Crippen LogP contribution in [0.15, 0.2) is 51.8 Å². The van der Waals surface area contributed by atoms with E-state index in [1.807, 2.05) is 0 Å². The molecule has 0 amide bonds. The van der Waals surface area contributed by atoms with Gasteiger partial charge in [0, 0.05) is 29.7 Å². The Kier molecular flexibility index (Phi) is 6.38. The van der Waals surface area contributed by atoms with Crippen molar-refractivity contribution in [2.45, 2.75) is 24.8 Å². The molecule has 7 nitrogen and oxygen atoms in total. The average molecular weight is 443 g/mol. The lowest BCUT2D eigenvalue weighted by atomic mass is 10.1. The molecule has 0 aliphatic carbocycles. The van der Waals surface area contributed by atoms with Crippen molar-refractivity contribution in [3.05, 3.63) is 62.6 Å². The van der Waals surface area contributed by atoms with Gasteiger partial charge in [-0.15, -0.1) is 0 Å². The van der Waals surface area contributed by atoms with Crippen LogP contribution in [0.25, 0.3) is 0 Å². The third-order valence-electron chi connectivity index (χ3n) is 3.97. The molecule has 1 atom stereocenters. The number of nitro groups is 1. The Morgan fingerprint density at radius 2 is 1.96 bits per heavy atom. The Balaban J connectivity index is 2.44. The first-order valence-electron chi connectivity index (χ1n) is 7.83. The van der Waals surface area contributed by atoms with E-state index in [2.05, 4.69) is 15.9 Å². The Labute approximate surface area is 160 Å². The van der Waals surface area contributed by atoms with E-state index >= 15 is 0 Å². The lowest BCUT2D eigenvalue weighted by Crippen LogP contribution is -2.30. The fraction of sp³-hybridized carbons (Fsp3) is 0.294. The molecule has 0 fully saturated rings. The van der Waals surface area contributed by atoms with Crippen LogP contribution >= 0.6 is 15.9 Å². The van der Waals surface area contributed by atoms with Crippen LogP contribution in [0, 0.1) is 10.1 Å². The molecule has 1 unspecified atom stereocenters. The van der Waals surface area contributed by atoms with E-state index in [9.17, 15) is 18.5 Å². The van der Waals surface area contributed by atoms with Gasteiger partial charge in [0.2, 0.25) is 10.0 Å². The molecule has 2 rings (SSSR count). The molecule has 2 aromatic rings. The van der Waals surface area contributed by atoms with Crippen molar-refractivity contribution >= 4 is 31.6 Å². The zero-order valence-corrected chi connectivity index (χ0v) is 17.0. The van der Waals surface area contributed by atoms with Gasteiger partial charge in [0.05, 0.1) is 11.5 Å². The Hall–Kier alpha value is -1.97. The predicted molar refractivity (Wildman–Crippen MR) is 102 cm³/mol. The van der Waals surface area contributed by atoms with E-state index in [1.54, 1.807) is 32.0 Å². The number of rotatable bonds is 7. The summed E-state index contributed by atoms with van der Waals surface area (Å²) in [7, 11) is -2.45. The van der Waals surface area contributed by atoms with Crippen molar-refractivity contribution in [2.75, 3.05) is 13.7 Å². The second kappa shape index (κ2) is 8.15. The zero-order valence-electron chi connectivity index (χ0n) is 14.5. The second-order valence-corrected chi connectivity index (χ2v) is 8.45. The summed E-state index contributed by atoms with van der Waals surface area (Å²) < 4.78 is 33.4. The van der Waals surface area contributed by atoms with Crippen LogP contribution in [0.5, 0.6) is 5.75 Å². The maximum Gasteiger partial charge on any atom is 0.269 e. The summed E-state index contributed by atoms with van der Waals surface area (Å²) in [5.74, 6) is 0.258. The van der Waals surface area contributed by atoms with Crippen LogP contribution in [0.2, 0.25) is 0 Å². The molecule has 0 aromatic heterocycles. The minimum atomic E-state index is -3.89. The minimum absolute atomic E-state index is 0.0357. The van der Waals surface area contributed by atoms with Crippen LogP contribution in [0.3, 0.4) is 0 Å². The molecule has 0 aliphatic rings. The van der Waals surface area contributed by atoms with Crippen molar-refractivity contribution in [3.63, 3.8) is 0 Å². The van der Waals surface area contributed by atoms with Crippen LogP contribution in [-0.4, -0.2) is 31.3 Å². The summed E-state index contributed by atoms with van der Waals surface area (Å²) >= 11 is 3.28. The summed E-state index contributed by atoms with van der Waals surface area (Å²) in [6.07, 6.45) is 0. The summed E-state index contributed by atoms with van der Waals surface area (Å²) in [5, 5.41) is 11.0. The maximum absolute atomic E-state index is 13.1. The van der Waals surface area contributed by atoms with Gasteiger partial charge in [-0.3, -0.25) is 10.1 Å². The lowest BCUT2D eigenvalue weighted by Gasteiger charge is -2.25. The summed E-state index contributed by atoms with van der Waals surface area (Å²) in [4.78, 5) is 10.5. The second-order valence-electron chi connectivity index (χ2n) is 5.57. The van der Waals surface area contributed by atoms with Gasteiger partial charge in [-0.25, -0.2) is 8.42 Å². The highest BCUT2D eigenvalue weighted by Gasteiger charge is 2.30. The molecule has 2 aromatic carbocycles. The van der Waals surface area contributed by atoms with E-state index in [0.717, 1.165) is 0 Å². The zero-order chi connectivity index (χ0) is 19.5. The highest BCUT2D eigenvalue weighted by atomic mass is 79.9. The average Bonchev–Trinajstić information content (AvgIpc) is 2.62. The van der Waals surface area contributed by atoms with Crippen molar-refractivity contribution in [1.29, 1.82) is 0 Å². The Morgan fingerprint density at radius 1 is 1.27 bits per heavy atom. The molecule has 9 heteroatoms. The molecular weight excluding hydrogens is 424 g/mol. The summed E-state index contributed by atoms with van der Waals surface area (Å²) in [6, 6.07) is 10.1. The van der Waals surface area contributed by atoms with Crippen LogP contribution in [-0.2, 0) is 10.0 Å². The van der Waals surface area contributed by atoms with Crippen molar-refractivity contribution in [2.24, 2.45) is 0 Å². The first-order chi connectivity index (χ1) is 12.2. The van der Waals surface area contributed by atoms with Crippen LogP contribution in [0.1, 0.15) is 25.5 Å². The molecular formula is C17H19BrN2O5S. The topological polar surface area (TPSA) is 89.8 Å². The standard InChI is InChI=1S/C17H19BrN2O5S/c1-4-25-16-9-8-14(18)11-17(16)26(23,24)19(3)12(2)13-6-5-7-15(10-13)20(21)22/h5-12H,4H2,1-3H3. The van der Waals surface area contributed by atoms with Crippen molar-refractivity contribution in [3.8, 4) is 5.75 Å². The molecule has 0 aliphatic heterocycles. The molecule has 0 heterocycles. The van der Waals surface area contributed by atoms with E-state index in [1.165, 1.54) is 35.6 Å². The number of hydrogen-bond donors (Lipinski definition) is 0. The molecule has 0 radical (unpaired) electrons. The first kappa shape index (κ1) is 20.3. The highest BCUT2D eigenvalue weighted by molar-refractivity contribution is 9.10. The molecule has 0 saturated heterocycles. The Bertz CT molecular complexity index is 917. The van der Waals surface area contributed by atoms with Crippen LogP contribution < -0.4 is 4.74 Å². The normalized spacial score (nSPS) is 12.8. The molecule has 140 valence electrons. The van der Waals surface area contributed by atoms with Crippen molar-refractivity contribution in [1.82, 2.24) is 4.31 Å². The molecule has 0 N–H and O–H groups in total. The number of benzene rings is 2. The van der Waals surface area contributed by atoms with Gasteiger partial charge in [-0.1, -0.05) is 28.1 Å². The molecule has 26 heavy (non-hydrogen) atoms. The maximum atomic E-state index is 13.1. The molecule has 0 spiro atoms. The number of hydrogen-bond acceptors (Lipinski definition) is 5. The van der Waals surface area contributed by atoms with Gasteiger partial charge in [0.15, 0.2) is 0 Å². The molecule has 0 bridgehead atoms. The van der Waals surface area contributed by atoms with Crippen molar-refractivity contribution < 1.29 is 18.1 Å². The van der Waals surface area contributed by atoms with E-state index in [0.29, 0.717) is 16.6 Å². The highest BCUT2D eigenvalue weighted by Crippen LogP contribution is 2.33. The van der Waals surface area contributed by atoms with E-state index in [-0.39, 0.29) is 16.3 Å². The van der Waals surface area contributed by atoms with Gasteiger partial charge in [0.25, 0.3) is 5.69 Å². The van der Waals surface area contributed by atoms with Gasteiger partial charge >= 0.3 is 0 Å².